The Bertz CT molecular complexity index is 489. The molecule has 2 aromatic rings. The van der Waals surface area contributed by atoms with Crippen LogP contribution in [0.15, 0.2) is 39.8 Å². The van der Waals surface area contributed by atoms with Crippen molar-refractivity contribution in [2.24, 2.45) is 0 Å². The third-order valence-corrected chi connectivity index (χ3v) is 2.19. The highest BCUT2D eigenvalue weighted by molar-refractivity contribution is 6.31. The molecule has 4 nitrogen and oxygen atoms in total. The van der Waals surface area contributed by atoms with E-state index in [4.69, 9.17) is 11.6 Å². The van der Waals surface area contributed by atoms with Gasteiger partial charge in [0.2, 0.25) is 6.54 Å². The number of nitrogens with zero attached hydrogens (tertiary/aromatic N) is 1. The standard InChI is InChI=1S/C9H7ClN2O2/c10-8-4-2-1-3-7(8)5-12-6-9(13)14-11-12/h1-4,6H,5H2/p+1. The fourth-order valence-electron chi connectivity index (χ4n) is 1.17. The molecule has 72 valence electrons. The summed E-state index contributed by atoms with van der Waals surface area (Å²) in [4.78, 5) is 10.7. The molecule has 0 aliphatic heterocycles. The SMILES string of the molecule is O=c1c[n+](Cc2ccccc2Cl)[nH]o1. The minimum absolute atomic E-state index is 0.406. The first-order valence-electron chi connectivity index (χ1n) is 4.07. The lowest BCUT2D eigenvalue weighted by atomic mass is 10.2. The van der Waals surface area contributed by atoms with Crippen LogP contribution in [0.25, 0.3) is 0 Å². The van der Waals surface area contributed by atoms with Gasteiger partial charge in [-0.3, -0.25) is 4.52 Å². The van der Waals surface area contributed by atoms with Gasteiger partial charge in [-0.15, -0.1) is 0 Å². The third-order valence-electron chi connectivity index (χ3n) is 1.82. The van der Waals surface area contributed by atoms with Crippen LogP contribution in [0.5, 0.6) is 0 Å². The molecule has 0 unspecified atom stereocenters. The molecule has 0 saturated heterocycles. The lowest BCUT2D eigenvalue weighted by Gasteiger charge is -1.95. The molecule has 5 heteroatoms. The van der Waals surface area contributed by atoms with Gasteiger partial charge in [0.15, 0.2) is 0 Å². The third kappa shape index (κ3) is 1.85. The topological polar surface area (TPSA) is 49.9 Å². The molecule has 0 fully saturated rings. The summed E-state index contributed by atoms with van der Waals surface area (Å²) in [5.41, 5.74) is 0.522. The van der Waals surface area contributed by atoms with Crippen LogP contribution < -0.4 is 10.3 Å². The minimum Gasteiger partial charge on any atom is -0.284 e. The molecule has 14 heavy (non-hydrogen) atoms. The summed E-state index contributed by atoms with van der Waals surface area (Å²) in [5.74, 6) is 0. The van der Waals surface area contributed by atoms with Crippen molar-refractivity contribution in [1.29, 1.82) is 0 Å². The maximum Gasteiger partial charge on any atom is 0.426 e. The van der Waals surface area contributed by atoms with Gasteiger partial charge in [0.1, 0.15) is 0 Å². The summed E-state index contributed by atoms with van der Waals surface area (Å²) in [6.07, 6.45) is 1.34. The fraction of sp³-hybridized carbons (Fsp3) is 0.111. The van der Waals surface area contributed by atoms with Crippen molar-refractivity contribution >= 4 is 11.6 Å². The van der Waals surface area contributed by atoms with Gasteiger partial charge in [0.05, 0.1) is 5.02 Å². The summed E-state index contributed by atoms with van der Waals surface area (Å²) in [6.45, 7) is 0.491. The zero-order valence-electron chi connectivity index (χ0n) is 7.24. The second-order valence-corrected chi connectivity index (χ2v) is 3.27. The van der Waals surface area contributed by atoms with E-state index < -0.39 is 5.63 Å². The van der Waals surface area contributed by atoms with Gasteiger partial charge in [-0.25, -0.2) is 4.79 Å². The highest BCUT2D eigenvalue weighted by Crippen LogP contribution is 2.13. The van der Waals surface area contributed by atoms with Crippen LogP contribution in [0.4, 0.5) is 0 Å². The van der Waals surface area contributed by atoms with Gasteiger partial charge in [0, 0.05) is 5.56 Å². The first kappa shape index (κ1) is 9.02. The van der Waals surface area contributed by atoms with Gasteiger partial charge in [-0.05, 0) is 11.3 Å². The second kappa shape index (κ2) is 3.67. The number of benzene rings is 1. The highest BCUT2D eigenvalue weighted by Gasteiger charge is 2.09. The normalized spacial score (nSPS) is 10.4. The Morgan fingerprint density at radius 3 is 2.86 bits per heavy atom. The van der Waals surface area contributed by atoms with Gasteiger partial charge in [-0.2, -0.15) is 0 Å². The smallest absolute Gasteiger partial charge is 0.284 e. The Morgan fingerprint density at radius 1 is 1.43 bits per heavy atom. The number of aromatic amines is 1. The van der Waals surface area contributed by atoms with Crippen molar-refractivity contribution < 1.29 is 9.20 Å². The van der Waals surface area contributed by atoms with E-state index in [1.54, 1.807) is 6.07 Å². The molecule has 1 N–H and O–H groups in total. The monoisotopic (exact) mass is 211 g/mol. The molecule has 2 rings (SSSR count). The Labute approximate surface area is 84.7 Å². The molecule has 1 aromatic carbocycles. The zero-order chi connectivity index (χ0) is 9.97. The maximum atomic E-state index is 10.7. The number of rotatable bonds is 2. The van der Waals surface area contributed by atoms with E-state index in [0.717, 1.165) is 5.56 Å². The number of hydrogen-bond donors (Lipinski definition) is 1. The quantitative estimate of drug-likeness (QED) is 0.753. The van der Waals surface area contributed by atoms with Crippen molar-refractivity contribution in [2.45, 2.75) is 6.54 Å². The van der Waals surface area contributed by atoms with Crippen LogP contribution >= 0.6 is 11.6 Å². The summed E-state index contributed by atoms with van der Waals surface area (Å²) in [7, 11) is 0. The summed E-state index contributed by atoms with van der Waals surface area (Å²) < 4.78 is 6.05. The van der Waals surface area contributed by atoms with E-state index in [1.807, 2.05) is 18.2 Å². The Hall–Kier alpha value is -1.55. The second-order valence-electron chi connectivity index (χ2n) is 2.86. The van der Waals surface area contributed by atoms with Crippen LogP contribution in [-0.2, 0) is 6.54 Å². The lowest BCUT2D eigenvalue weighted by molar-refractivity contribution is -0.754. The Balaban J connectivity index is 2.27. The summed E-state index contributed by atoms with van der Waals surface area (Å²) >= 11 is 5.94. The van der Waals surface area contributed by atoms with Gasteiger partial charge < -0.3 is 0 Å². The summed E-state index contributed by atoms with van der Waals surface area (Å²) in [6, 6.07) is 7.44. The predicted octanol–water partition coefficient (Wildman–Crippen LogP) is 0.957. The first-order valence-corrected chi connectivity index (χ1v) is 4.45. The molecular weight excluding hydrogens is 204 g/mol. The highest BCUT2D eigenvalue weighted by atomic mass is 35.5. The van der Waals surface area contributed by atoms with Crippen LogP contribution in [0.2, 0.25) is 5.02 Å². The molecule has 0 radical (unpaired) electrons. The molecule has 0 aliphatic rings. The zero-order valence-corrected chi connectivity index (χ0v) is 7.99. The molecule has 1 aromatic heterocycles. The first-order chi connectivity index (χ1) is 6.75. The number of hydrogen-bond acceptors (Lipinski definition) is 2. The van der Waals surface area contributed by atoms with Crippen LogP contribution in [0, 0.1) is 0 Å². The van der Waals surface area contributed by atoms with E-state index in [1.165, 1.54) is 10.9 Å². The van der Waals surface area contributed by atoms with E-state index in [-0.39, 0.29) is 0 Å². The molecule has 0 aliphatic carbocycles. The van der Waals surface area contributed by atoms with Crippen LogP contribution in [0.3, 0.4) is 0 Å². The molecule has 1 heterocycles. The molecular formula is C9H8ClN2O2+. The van der Waals surface area contributed by atoms with Gasteiger partial charge >= 0.3 is 5.63 Å². The molecule has 0 bridgehead atoms. The number of aromatic nitrogens is 2. The number of halogens is 1. The van der Waals surface area contributed by atoms with Crippen molar-refractivity contribution in [3.05, 3.63) is 51.5 Å². The van der Waals surface area contributed by atoms with E-state index in [2.05, 4.69) is 9.79 Å². The fourth-order valence-corrected chi connectivity index (χ4v) is 1.37. The number of nitrogens with one attached hydrogen (secondary N) is 1. The van der Waals surface area contributed by atoms with Crippen molar-refractivity contribution in [3.8, 4) is 0 Å². The molecule has 0 spiro atoms. The molecule has 0 saturated carbocycles. The Kier molecular flexibility index (Phi) is 2.37. The van der Waals surface area contributed by atoms with Crippen LogP contribution in [-0.4, -0.2) is 5.27 Å². The van der Waals surface area contributed by atoms with Crippen molar-refractivity contribution in [2.75, 3.05) is 0 Å². The Morgan fingerprint density at radius 2 is 2.21 bits per heavy atom. The summed E-state index contributed by atoms with van der Waals surface area (Å²) in [5, 5.41) is 3.12. The van der Waals surface area contributed by atoms with E-state index >= 15 is 0 Å². The number of H-pyrrole nitrogens is 1. The maximum absolute atomic E-state index is 10.7. The lowest BCUT2D eigenvalue weighted by Crippen LogP contribution is -2.35. The van der Waals surface area contributed by atoms with E-state index in [0.29, 0.717) is 11.6 Å². The van der Waals surface area contributed by atoms with Gasteiger partial charge in [-0.1, -0.05) is 34.5 Å². The predicted molar refractivity (Wildman–Crippen MR) is 50.1 cm³/mol. The average Bonchev–Trinajstić information content (AvgIpc) is 2.56. The van der Waals surface area contributed by atoms with Crippen LogP contribution in [0.1, 0.15) is 5.56 Å². The molecule has 0 amide bonds. The largest absolute Gasteiger partial charge is 0.426 e. The van der Waals surface area contributed by atoms with Crippen molar-refractivity contribution in [1.82, 2.24) is 5.27 Å². The van der Waals surface area contributed by atoms with E-state index in [9.17, 15) is 4.79 Å². The van der Waals surface area contributed by atoms with Gasteiger partial charge in [0.25, 0.3) is 6.20 Å². The average molecular weight is 212 g/mol. The minimum atomic E-state index is -0.406. The van der Waals surface area contributed by atoms with Crippen molar-refractivity contribution in [3.63, 3.8) is 0 Å². The molecule has 0 atom stereocenters.